The molecule has 6 heteroatoms. The zero-order valence-corrected chi connectivity index (χ0v) is 15.9. The number of hydrogen-bond donors (Lipinski definition) is 1. The lowest BCUT2D eigenvalue weighted by Gasteiger charge is -2.33. The van der Waals surface area contributed by atoms with Crippen molar-refractivity contribution in [1.82, 2.24) is 15.1 Å². The van der Waals surface area contributed by atoms with E-state index >= 15 is 0 Å². The molecule has 26 heavy (non-hydrogen) atoms. The van der Waals surface area contributed by atoms with Crippen molar-refractivity contribution in [3.05, 3.63) is 29.8 Å². The summed E-state index contributed by atoms with van der Waals surface area (Å²) in [5.41, 5.74) is 1.14. The number of ether oxygens (including phenoxy) is 1. The van der Waals surface area contributed by atoms with Gasteiger partial charge in [-0.25, -0.2) is 4.79 Å². The monoisotopic (exact) mass is 359 g/mol. The third kappa shape index (κ3) is 4.29. The molecule has 0 bridgehead atoms. The first-order chi connectivity index (χ1) is 12.5. The first kappa shape index (κ1) is 18.5. The first-order valence-electron chi connectivity index (χ1n) is 9.40. The van der Waals surface area contributed by atoms with Crippen molar-refractivity contribution in [2.75, 3.05) is 34.3 Å². The van der Waals surface area contributed by atoms with E-state index in [1.165, 1.54) is 0 Å². The van der Waals surface area contributed by atoms with E-state index in [-0.39, 0.29) is 23.9 Å². The van der Waals surface area contributed by atoms with Gasteiger partial charge in [-0.2, -0.15) is 0 Å². The van der Waals surface area contributed by atoms with Gasteiger partial charge >= 0.3 is 6.03 Å². The number of carbonyl (C=O) groups is 2. The number of likely N-dealkylation sites (tertiary alicyclic amines) is 1. The van der Waals surface area contributed by atoms with Gasteiger partial charge in [0.2, 0.25) is 5.91 Å². The zero-order chi connectivity index (χ0) is 18.7. The number of amides is 3. The first-order valence-corrected chi connectivity index (χ1v) is 9.40. The molecule has 3 amide bonds. The minimum absolute atomic E-state index is 0.0132. The molecule has 1 N–H and O–H groups in total. The van der Waals surface area contributed by atoms with Crippen molar-refractivity contribution >= 4 is 11.9 Å². The molecule has 1 saturated carbocycles. The average Bonchev–Trinajstić information content (AvgIpc) is 3.50. The normalized spacial score (nSPS) is 19.0. The molecular formula is C20H29N3O3. The Morgan fingerprint density at radius 1 is 1.12 bits per heavy atom. The molecule has 1 aromatic carbocycles. The lowest BCUT2D eigenvalue weighted by molar-refractivity contribution is -0.127. The maximum Gasteiger partial charge on any atom is 0.319 e. The fourth-order valence-electron chi connectivity index (χ4n) is 3.60. The summed E-state index contributed by atoms with van der Waals surface area (Å²) >= 11 is 0. The number of nitrogens with one attached hydrogen (secondary N) is 1. The van der Waals surface area contributed by atoms with Gasteiger partial charge < -0.3 is 19.9 Å². The van der Waals surface area contributed by atoms with Gasteiger partial charge in [0.05, 0.1) is 13.2 Å². The Morgan fingerprint density at radius 2 is 1.73 bits per heavy atom. The van der Waals surface area contributed by atoms with Crippen LogP contribution < -0.4 is 10.1 Å². The average molecular weight is 359 g/mol. The molecule has 0 radical (unpaired) electrons. The van der Waals surface area contributed by atoms with Crippen LogP contribution in [-0.4, -0.2) is 56.0 Å². The highest BCUT2D eigenvalue weighted by Gasteiger charge is 2.35. The zero-order valence-electron chi connectivity index (χ0n) is 15.9. The van der Waals surface area contributed by atoms with Crippen LogP contribution in [-0.2, 0) is 4.79 Å². The molecule has 1 heterocycles. The van der Waals surface area contributed by atoms with Crippen molar-refractivity contribution in [3.8, 4) is 5.75 Å². The molecule has 2 aliphatic rings. The highest BCUT2D eigenvalue weighted by Crippen LogP contribution is 2.41. The molecule has 6 nitrogen and oxygen atoms in total. The molecule has 1 atom stereocenters. The van der Waals surface area contributed by atoms with Crippen LogP contribution in [0.4, 0.5) is 4.79 Å². The summed E-state index contributed by atoms with van der Waals surface area (Å²) in [5, 5.41) is 3.28. The standard InChI is InChI=1S/C20H29N3O3/c1-22(2)20(25)23-12-10-16(11-13-23)19(24)21-18(14-4-5-14)15-6-8-17(26-3)9-7-15/h6-9,14,16,18H,4-5,10-13H2,1-3H3,(H,21,24)/t18-/m0/s1. The van der Waals surface area contributed by atoms with E-state index in [2.05, 4.69) is 5.32 Å². The predicted octanol–water partition coefficient (Wildman–Crippen LogP) is 2.66. The highest BCUT2D eigenvalue weighted by molar-refractivity contribution is 5.80. The van der Waals surface area contributed by atoms with Crippen LogP contribution in [0.5, 0.6) is 5.75 Å². The Bertz CT molecular complexity index is 632. The molecule has 0 unspecified atom stereocenters. The van der Waals surface area contributed by atoms with E-state index in [4.69, 9.17) is 4.74 Å². The topological polar surface area (TPSA) is 61.9 Å². The molecule has 1 aliphatic heterocycles. The molecule has 1 aliphatic carbocycles. The third-order valence-electron chi connectivity index (χ3n) is 5.38. The summed E-state index contributed by atoms with van der Waals surface area (Å²) in [5.74, 6) is 1.46. The molecule has 142 valence electrons. The number of piperidine rings is 1. The van der Waals surface area contributed by atoms with Gasteiger partial charge in [0.25, 0.3) is 0 Å². The molecule has 3 rings (SSSR count). The summed E-state index contributed by atoms with van der Waals surface area (Å²) < 4.78 is 5.22. The van der Waals surface area contributed by atoms with E-state index in [1.54, 1.807) is 26.1 Å². The van der Waals surface area contributed by atoms with E-state index in [9.17, 15) is 9.59 Å². The molecule has 2 fully saturated rings. The Balaban J connectivity index is 1.58. The fourth-order valence-corrected chi connectivity index (χ4v) is 3.60. The number of hydrogen-bond acceptors (Lipinski definition) is 3. The fraction of sp³-hybridized carbons (Fsp3) is 0.600. The summed E-state index contributed by atoms with van der Waals surface area (Å²) in [6.07, 6.45) is 3.77. The van der Waals surface area contributed by atoms with E-state index < -0.39 is 0 Å². The Morgan fingerprint density at radius 3 is 2.23 bits per heavy atom. The van der Waals surface area contributed by atoms with Crippen LogP contribution in [0.15, 0.2) is 24.3 Å². The number of nitrogens with zero attached hydrogens (tertiary/aromatic N) is 2. The number of methoxy groups -OCH3 is 1. The second-order valence-corrected chi connectivity index (χ2v) is 7.54. The van der Waals surface area contributed by atoms with Crippen molar-refractivity contribution in [3.63, 3.8) is 0 Å². The van der Waals surface area contributed by atoms with Crippen molar-refractivity contribution in [2.45, 2.75) is 31.7 Å². The van der Waals surface area contributed by atoms with Gasteiger partial charge in [-0.1, -0.05) is 12.1 Å². The minimum atomic E-state index is -0.0132. The number of benzene rings is 1. The van der Waals surface area contributed by atoms with Crippen molar-refractivity contribution < 1.29 is 14.3 Å². The summed E-state index contributed by atoms with van der Waals surface area (Å²) in [6.45, 7) is 1.29. The largest absolute Gasteiger partial charge is 0.497 e. The smallest absolute Gasteiger partial charge is 0.319 e. The maximum atomic E-state index is 12.8. The van der Waals surface area contributed by atoms with Crippen LogP contribution in [0.3, 0.4) is 0 Å². The van der Waals surface area contributed by atoms with Crippen LogP contribution in [0.2, 0.25) is 0 Å². The highest BCUT2D eigenvalue weighted by atomic mass is 16.5. The van der Waals surface area contributed by atoms with Crippen LogP contribution in [0.25, 0.3) is 0 Å². The van der Waals surface area contributed by atoms with E-state index in [0.29, 0.717) is 19.0 Å². The molecule has 1 aromatic rings. The quantitative estimate of drug-likeness (QED) is 0.879. The van der Waals surface area contributed by atoms with Gasteiger partial charge in [-0.3, -0.25) is 4.79 Å². The molecular weight excluding hydrogens is 330 g/mol. The van der Waals surface area contributed by atoms with Crippen LogP contribution in [0, 0.1) is 11.8 Å². The Kier molecular flexibility index (Phi) is 5.69. The third-order valence-corrected chi connectivity index (χ3v) is 5.38. The Labute approximate surface area is 155 Å². The van der Waals surface area contributed by atoms with Gasteiger partial charge in [-0.05, 0) is 49.3 Å². The number of urea groups is 1. The van der Waals surface area contributed by atoms with Crippen molar-refractivity contribution in [1.29, 1.82) is 0 Å². The number of carbonyl (C=O) groups excluding carboxylic acids is 2. The van der Waals surface area contributed by atoms with E-state index in [0.717, 1.165) is 37.0 Å². The van der Waals surface area contributed by atoms with Gasteiger partial charge in [0.15, 0.2) is 0 Å². The van der Waals surface area contributed by atoms with Crippen molar-refractivity contribution in [2.24, 2.45) is 11.8 Å². The lowest BCUT2D eigenvalue weighted by atomic mass is 9.94. The summed E-state index contributed by atoms with van der Waals surface area (Å²) in [4.78, 5) is 28.2. The number of rotatable bonds is 5. The second-order valence-electron chi connectivity index (χ2n) is 7.54. The van der Waals surface area contributed by atoms with E-state index in [1.807, 2.05) is 29.2 Å². The van der Waals surface area contributed by atoms with Crippen LogP contribution in [0.1, 0.15) is 37.3 Å². The Hall–Kier alpha value is -2.24. The summed E-state index contributed by atoms with van der Waals surface area (Å²) in [6, 6.07) is 8.08. The minimum Gasteiger partial charge on any atom is -0.497 e. The van der Waals surface area contributed by atoms with Crippen LogP contribution >= 0.6 is 0 Å². The lowest BCUT2D eigenvalue weighted by Crippen LogP contribution is -2.47. The molecule has 0 aromatic heterocycles. The second kappa shape index (κ2) is 7.98. The summed E-state index contributed by atoms with van der Waals surface area (Å²) in [7, 11) is 5.18. The molecule has 1 saturated heterocycles. The maximum absolute atomic E-state index is 12.8. The predicted molar refractivity (Wildman–Crippen MR) is 100.0 cm³/mol. The molecule has 0 spiro atoms. The van der Waals surface area contributed by atoms with Gasteiger partial charge in [0, 0.05) is 33.1 Å². The van der Waals surface area contributed by atoms with Gasteiger partial charge in [-0.15, -0.1) is 0 Å². The SMILES string of the molecule is COc1ccc([C@@H](NC(=O)C2CCN(C(=O)N(C)C)CC2)C2CC2)cc1. The van der Waals surface area contributed by atoms with Gasteiger partial charge in [0.1, 0.15) is 5.75 Å².